The fourth-order valence-corrected chi connectivity index (χ4v) is 3.66. The van der Waals surface area contributed by atoms with Crippen LogP contribution in [0.2, 0.25) is 0 Å². The molecule has 0 atom stereocenters. The lowest BCUT2D eigenvalue weighted by Crippen LogP contribution is -2.48. The first-order valence-electron chi connectivity index (χ1n) is 6.84. The molecule has 0 bridgehead atoms. The van der Waals surface area contributed by atoms with Crippen molar-refractivity contribution < 1.29 is 8.42 Å². The van der Waals surface area contributed by atoms with Crippen LogP contribution in [0.25, 0.3) is 0 Å². The second-order valence-electron chi connectivity index (χ2n) is 4.79. The molecule has 0 saturated carbocycles. The predicted octanol–water partition coefficient (Wildman–Crippen LogP) is 0.688. The van der Waals surface area contributed by atoms with Crippen LogP contribution in [-0.4, -0.2) is 60.3 Å². The molecule has 0 aliphatic carbocycles. The summed E-state index contributed by atoms with van der Waals surface area (Å²) in [6, 6.07) is 0. The molecule has 7 heteroatoms. The molecule has 6 nitrogen and oxygen atoms in total. The van der Waals surface area contributed by atoms with Crippen LogP contribution in [0.15, 0.2) is 11.2 Å². The van der Waals surface area contributed by atoms with Crippen LogP contribution >= 0.6 is 0 Å². The van der Waals surface area contributed by atoms with Gasteiger partial charge in [0.25, 0.3) is 10.0 Å². The second kappa shape index (κ2) is 6.02. The zero-order chi connectivity index (χ0) is 13.9. The van der Waals surface area contributed by atoms with Crippen molar-refractivity contribution in [1.82, 2.24) is 19.2 Å². The average molecular weight is 286 g/mol. The summed E-state index contributed by atoms with van der Waals surface area (Å²) in [5.74, 6) is 0.711. The Balaban J connectivity index is 2.05. The maximum absolute atomic E-state index is 12.4. The number of hydrogen-bond acceptors (Lipinski definition) is 4. The summed E-state index contributed by atoms with van der Waals surface area (Å²) in [6.07, 6.45) is 3.24. The van der Waals surface area contributed by atoms with Crippen LogP contribution in [0.1, 0.15) is 26.1 Å². The first kappa shape index (κ1) is 14.5. The van der Waals surface area contributed by atoms with Crippen LogP contribution in [0, 0.1) is 0 Å². The summed E-state index contributed by atoms with van der Waals surface area (Å²) in [7, 11) is -3.40. The molecule has 108 valence electrons. The Kier molecular flexibility index (Phi) is 4.59. The van der Waals surface area contributed by atoms with Gasteiger partial charge in [-0.2, -0.15) is 4.31 Å². The lowest BCUT2D eigenvalue weighted by atomic mass is 10.3. The third-order valence-electron chi connectivity index (χ3n) is 3.43. The highest BCUT2D eigenvalue weighted by atomic mass is 32.2. The molecule has 19 heavy (non-hydrogen) atoms. The third kappa shape index (κ3) is 3.16. The number of aromatic amines is 1. The third-order valence-corrected chi connectivity index (χ3v) is 5.24. The van der Waals surface area contributed by atoms with Crippen molar-refractivity contribution in [3.05, 3.63) is 12.0 Å². The van der Waals surface area contributed by atoms with Crippen LogP contribution < -0.4 is 0 Å². The van der Waals surface area contributed by atoms with E-state index in [0.29, 0.717) is 25.3 Å². The predicted molar refractivity (Wildman–Crippen MR) is 73.5 cm³/mol. The average Bonchev–Trinajstić information content (AvgIpc) is 2.89. The molecule has 1 N–H and O–H groups in total. The van der Waals surface area contributed by atoms with Crippen LogP contribution in [0.4, 0.5) is 0 Å². The van der Waals surface area contributed by atoms with E-state index >= 15 is 0 Å². The van der Waals surface area contributed by atoms with E-state index in [1.54, 1.807) is 4.31 Å². The number of aryl methyl sites for hydroxylation is 1. The highest BCUT2D eigenvalue weighted by Crippen LogP contribution is 2.16. The van der Waals surface area contributed by atoms with Gasteiger partial charge in [-0.15, -0.1) is 0 Å². The van der Waals surface area contributed by atoms with Gasteiger partial charge in [0.15, 0.2) is 5.03 Å². The Labute approximate surface area is 114 Å². The van der Waals surface area contributed by atoms with Crippen molar-refractivity contribution in [2.45, 2.75) is 31.7 Å². The number of hydrogen-bond donors (Lipinski definition) is 1. The van der Waals surface area contributed by atoms with Crippen molar-refractivity contribution in [3.8, 4) is 0 Å². The Bertz CT molecular complexity index is 504. The molecule has 1 aromatic rings. The van der Waals surface area contributed by atoms with E-state index in [-0.39, 0.29) is 5.03 Å². The molecular weight excluding hydrogens is 264 g/mol. The van der Waals surface area contributed by atoms with Crippen molar-refractivity contribution in [3.63, 3.8) is 0 Å². The lowest BCUT2D eigenvalue weighted by Gasteiger charge is -2.33. The fraction of sp³-hybridized carbons (Fsp3) is 0.750. The van der Waals surface area contributed by atoms with Gasteiger partial charge in [-0.1, -0.05) is 13.8 Å². The molecule has 0 unspecified atom stereocenters. The minimum atomic E-state index is -3.40. The number of nitrogens with one attached hydrogen (secondary N) is 1. The molecule has 1 aliphatic heterocycles. The van der Waals surface area contributed by atoms with E-state index in [1.165, 1.54) is 6.20 Å². The second-order valence-corrected chi connectivity index (χ2v) is 6.70. The monoisotopic (exact) mass is 286 g/mol. The van der Waals surface area contributed by atoms with Gasteiger partial charge in [-0.05, 0) is 13.0 Å². The Morgan fingerprint density at radius 3 is 2.47 bits per heavy atom. The quantitative estimate of drug-likeness (QED) is 0.864. The molecule has 1 aliphatic rings. The summed E-state index contributed by atoms with van der Waals surface area (Å²) >= 11 is 0. The van der Waals surface area contributed by atoms with E-state index in [0.717, 1.165) is 26.1 Å². The highest BCUT2D eigenvalue weighted by Gasteiger charge is 2.29. The minimum Gasteiger partial charge on any atom is -0.332 e. The van der Waals surface area contributed by atoms with Gasteiger partial charge >= 0.3 is 0 Å². The lowest BCUT2D eigenvalue weighted by molar-refractivity contribution is 0.188. The van der Waals surface area contributed by atoms with Crippen molar-refractivity contribution in [2.75, 3.05) is 32.7 Å². The molecule has 1 saturated heterocycles. The SMILES string of the molecule is CCCN1CCN(S(=O)(=O)c2cnc(CC)[nH]2)CC1. The topological polar surface area (TPSA) is 69.3 Å². The van der Waals surface area contributed by atoms with Crippen molar-refractivity contribution in [1.29, 1.82) is 0 Å². The Morgan fingerprint density at radius 2 is 1.95 bits per heavy atom. The smallest absolute Gasteiger partial charge is 0.260 e. The number of rotatable bonds is 5. The zero-order valence-corrected chi connectivity index (χ0v) is 12.4. The standard InChI is InChI=1S/C12H22N4O2S/c1-3-5-15-6-8-16(9-7-15)19(17,18)12-10-13-11(4-2)14-12/h10H,3-9H2,1-2H3,(H,13,14). The minimum absolute atomic E-state index is 0.216. The fourth-order valence-electron chi connectivity index (χ4n) is 2.30. The van der Waals surface area contributed by atoms with E-state index < -0.39 is 10.0 Å². The van der Waals surface area contributed by atoms with E-state index in [4.69, 9.17) is 0 Å². The highest BCUT2D eigenvalue weighted by molar-refractivity contribution is 7.89. The van der Waals surface area contributed by atoms with E-state index in [2.05, 4.69) is 21.8 Å². The molecular formula is C12H22N4O2S. The van der Waals surface area contributed by atoms with Crippen molar-refractivity contribution in [2.24, 2.45) is 0 Å². The maximum Gasteiger partial charge on any atom is 0.260 e. The van der Waals surface area contributed by atoms with Gasteiger partial charge in [-0.3, -0.25) is 0 Å². The Morgan fingerprint density at radius 1 is 1.26 bits per heavy atom. The van der Waals surface area contributed by atoms with Gasteiger partial charge in [0.2, 0.25) is 0 Å². The molecule has 0 aromatic carbocycles. The molecule has 0 radical (unpaired) electrons. The van der Waals surface area contributed by atoms with Crippen LogP contribution in [0.3, 0.4) is 0 Å². The molecule has 0 amide bonds. The molecule has 2 rings (SSSR count). The number of H-pyrrole nitrogens is 1. The molecule has 2 heterocycles. The first-order valence-corrected chi connectivity index (χ1v) is 8.28. The van der Waals surface area contributed by atoms with Gasteiger partial charge in [0, 0.05) is 32.6 Å². The number of aromatic nitrogens is 2. The summed E-state index contributed by atoms with van der Waals surface area (Å²) in [5.41, 5.74) is 0. The normalized spacial score (nSPS) is 18.8. The number of sulfonamides is 1. The van der Waals surface area contributed by atoms with Gasteiger partial charge in [-0.25, -0.2) is 13.4 Å². The van der Waals surface area contributed by atoms with Crippen LogP contribution in [0.5, 0.6) is 0 Å². The largest absolute Gasteiger partial charge is 0.332 e. The van der Waals surface area contributed by atoms with Gasteiger partial charge in [0.1, 0.15) is 5.82 Å². The first-order chi connectivity index (χ1) is 9.07. The number of imidazole rings is 1. The summed E-state index contributed by atoms with van der Waals surface area (Å²) < 4.78 is 26.4. The van der Waals surface area contributed by atoms with Gasteiger partial charge < -0.3 is 9.88 Å². The summed E-state index contributed by atoms with van der Waals surface area (Å²) in [4.78, 5) is 9.25. The van der Waals surface area contributed by atoms with E-state index in [9.17, 15) is 8.42 Å². The summed E-state index contributed by atoms with van der Waals surface area (Å²) in [6.45, 7) is 7.85. The summed E-state index contributed by atoms with van der Waals surface area (Å²) in [5, 5.41) is 0.216. The number of nitrogens with zero attached hydrogens (tertiary/aromatic N) is 3. The van der Waals surface area contributed by atoms with E-state index in [1.807, 2.05) is 6.92 Å². The maximum atomic E-state index is 12.4. The zero-order valence-electron chi connectivity index (χ0n) is 11.6. The molecule has 1 fully saturated rings. The van der Waals surface area contributed by atoms with Crippen molar-refractivity contribution >= 4 is 10.0 Å². The Hall–Kier alpha value is -0.920. The van der Waals surface area contributed by atoms with Gasteiger partial charge in [0.05, 0.1) is 6.20 Å². The van der Waals surface area contributed by atoms with Crippen LogP contribution in [-0.2, 0) is 16.4 Å². The molecule has 1 aromatic heterocycles. The molecule has 0 spiro atoms. The number of piperazine rings is 1.